The number of nitrogens with one attached hydrogen (secondary N) is 2. The summed E-state index contributed by atoms with van der Waals surface area (Å²) in [6, 6.07) is 8.20. The number of aliphatic hydroxyl groups is 1. The number of fused-ring (bicyclic) bond motifs is 1. The Kier molecular flexibility index (Phi) is 5.19. The molecule has 4 aliphatic rings. The van der Waals surface area contributed by atoms with Crippen molar-refractivity contribution < 1.29 is 24.2 Å². The van der Waals surface area contributed by atoms with Gasteiger partial charge in [-0.1, -0.05) is 23.2 Å². The lowest BCUT2D eigenvalue weighted by atomic mass is 9.44. The molecule has 1 aromatic carbocycles. The number of aromatic nitrogens is 1. The Bertz CT molecular complexity index is 1060. The van der Waals surface area contributed by atoms with Crippen molar-refractivity contribution in [2.24, 2.45) is 0 Å². The Balaban J connectivity index is 1.10. The van der Waals surface area contributed by atoms with Gasteiger partial charge < -0.3 is 25.2 Å². The van der Waals surface area contributed by atoms with Crippen LogP contribution in [0.3, 0.4) is 0 Å². The first kappa shape index (κ1) is 21.3. The van der Waals surface area contributed by atoms with Crippen molar-refractivity contribution in [2.45, 2.75) is 49.0 Å². The first-order chi connectivity index (χ1) is 15.2. The van der Waals surface area contributed by atoms with Gasteiger partial charge in [0.25, 0.3) is 11.8 Å². The molecule has 0 unspecified atom stereocenters. The summed E-state index contributed by atoms with van der Waals surface area (Å²) in [7, 11) is 0. The topological polar surface area (TPSA) is 110 Å². The average molecular weight is 478 g/mol. The van der Waals surface area contributed by atoms with E-state index in [4.69, 9.17) is 32.7 Å². The Morgan fingerprint density at radius 1 is 1.12 bits per heavy atom. The third-order valence-corrected chi connectivity index (χ3v) is 6.66. The molecule has 2 heterocycles. The molecule has 2 aromatic rings. The van der Waals surface area contributed by atoms with Crippen LogP contribution < -0.4 is 20.1 Å². The van der Waals surface area contributed by atoms with E-state index in [-0.39, 0.29) is 35.9 Å². The number of halogens is 2. The van der Waals surface area contributed by atoms with Crippen LogP contribution in [0.25, 0.3) is 0 Å². The minimum atomic E-state index is -0.818. The van der Waals surface area contributed by atoms with Gasteiger partial charge in [0.2, 0.25) is 5.88 Å². The van der Waals surface area contributed by atoms with Gasteiger partial charge in [0.1, 0.15) is 5.75 Å². The second-order valence-corrected chi connectivity index (χ2v) is 9.64. The smallest absolute Gasteiger partial charge is 0.261 e. The number of hydrogen-bond acceptors (Lipinski definition) is 6. The Morgan fingerprint density at radius 3 is 2.56 bits per heavy atom. The number of carbonyl (C=O) groups is 2. The van der Waals surface area contributed by atoms with Gasteiger partial charge in [-0.2, -0.15) is 0 Å². The summed E-state index contributed by atoms with van der Waals surface area (Å²) in [4.78, 5) is 29.0. The van der Waals surface area contributed by atoms with E-state index >= 15 is 0 Å². The standard InChI is InChI=1S/C22H21Cl2N3O5/c23-12-1-3-16-14(5-12)15(28)6-17(32-16)20(30)27-22-9-21(10-22,11-22)26-18(29)8-31-19-4-2-13(24)7-25-19/h1-5,7,15,17,28H,6,8-11H2,(H,26,29)(H,27,30)/t15-,17-,21?,22?/m1/s1. The summed E-state index contributed by atoms with van der Waals surface area (Å²) in [5.41, 5.74) is -0.0561. The molecular formula is C22H21Cl2N3O5. The highest BCUT2D eigenvalue weighted by molar-refractivity contribution is 6.30. The number of amides is 2. The van der Waals surface area contributed by atoms with E-state index in [0.717, 1.165) is 0 Å². The zero-order valence-corrected chi connectivity index (χ0v) is 18.4. The van der Waals surface area contributed by atoms with E-state index in [2.05, 4.69) is 15.6 Å². The van der Waals surface area contributed by atoms with Crippen molar-refractivity contribution in [3.05, 3.63) is 52.1 Å². The van der Waals surface area contributed by atoms with Crippen LogP contribution in [0.1, 0.15) is 37.4 Å². The van der Waals surface area contributed by atoms with Gasteiger partial charge in [-0.25, -0.2) is 4.98 Å². The highest BCUT2D eigenvalue weighted by Gasteiger charge is 2.69. The monoisotopic (exact) mass is 477 g/mol. The van der Waals surface area contributed by atoms with Crippen LogP contribution in [0.2, 0.25) is 10.0 Å². The van der Waals surface area contributed by atoms with E-state index in [9.17, 15) is 14.7 Å². The van der Waals surface area contributed by atoms with Crippen LogP contribution in [-0.2, 0) is 9.59 Å². The molecule has 2 bridgehead atoms. The molecule has 10 heteroatoms. The van der Waals surface area contributed by atoms with Crippen molar-refractivity contribution in [2.75, 3.05) is 6.61 Å². The minimum Gasteiger partial charge on any atom is -0.480 e. The highest BCUT2D eigenvalue weighted by atomic mass is 35.5. The molecule has 0 spiro atoms. The number of hydrogen-bond donors (Lipinski definition) is 3. The second kappa shape index (κ2) is 7.79. The number of carbonyl (C=O) groups excluding carboxylic acids is 2. The predicted molar refractivity (Wildman–Crippen MR) is 116 cm³/mol. The lowest BCUT2D eigenvalue weighted by Crippen LogP contribution is -2.84. The third kappa shape index (κ3) is 3.98. The van der Waals surface area contributed by atoms with Crippen molar-refractivity contribution in [1.29, 1.82) is 0 Å². The van der Waals surface area contributed by atoms with Crippen molar-refractivity contribution in [3.8, 4) is 11.6 Å². The first-order valence-corrected chi connectivity index (χ1v) is 11.0. The molecule has 168 valence electrons. The normalized spacial score (nSPS) is 29.5. The molecular weight excluding hydrogens is 457 g/mol. The second-order valence-electron chi connectivity index (χ2n) is 8.77. The van der Waals surface area contributed by atoms with Crippen LogP contribution in [0.15, 0.2) is 36.5 Å². The predicted octanol–water partition coefficient (Wildman–Crippen LogP) is 2.56. The van der Waals surface area contributed by atoms with E-state index in [1.54, 1.807) is 30.3 Å². The van der Waals surface area contributed by atoms with Gasteiger partial charge in [-0.05, 0) is 43.5 Å². The van der Waals surface area contributed by atoms with Gasteiger partial charge in [0.05, 0.1) is 11.1 Å². The molecule has 0 saturated heterocycles. The average Bonchev–Trinajstić information content (AvgIpc) is 2.71. The number of nitrogens with zero attached hydrogens (tertiary/aromatic N) is 1. The number of ether oxygens (including phenoxy) is 2. The van der Waals surface area contributed by atoms with Gasteiger partial charge in [0.15, 0.2) is 12.7 Å². The molecule has 2 amide bonds. The van der Waals surface area contributed by atoms with Crippen LogP contribution in [0.4, 0.5) is 0 Å². The first-order valence-electron chi connectivity index (χ1n) is 10.3. The number of rotatable bonds is 6. The van der Waals surface area contributed by atoms with Crippen LogP contribution in [0.5, 0.6) is 11.6 Å². The maximum absolute atomic E-state index is 12.8. The molecule has 3 saturated carbocycles. The molecule has 0 radical (unpaired) electrons. The zero-order chi connectivity index (χ0) is 22.5. The molecule has 2 atom stereocenters. The number of benzene rings is 1. The summed E-state index contributed by atoms with van der Waals surface area (Å²) < 4.78 is 11.2. The van der Waals surface area contributed by atoms with Crippen LogP contribution in [-0.4, -0.2) is 45.7 Å². The molecule has 3 fully saturated rings. The summed E-state index contributed by atoms with van der Waals surface area (Å²) in [5, 5.41) is 17.4. The summed E-state index contributed by atoms with van der Waals surface area (Å²) in [5.74, 6) is 0.283. The molecule has 6 rings (SSSR count). The van der Waals surface area contributed by atoms with Gasteiger partial charge in [-0.3, -0.25) is 9.59 Å². The van der Waals surface area contributed by atoms with E-state index in [1.165, 1.54) is 6.20 Å². The van der Waals surface area contributed by atoms with E-state index < -0.39 is 12.2 Å². The maximum atomic E-state index is 12.8. The van der Waals surface area contributed by atoms with Crippen molar-refractivity contribution in [1.82, 2.24) is 15.6 Å². The molecule has 1 aromatic heterocycles. The Morgan fingerprint density at radius 2 is 1.84 bits per heavy atom. The fourth-order valence-electron chi connectivity index (χ4n) is 4.89. The summed E-state index contributed by atoms with van der Waals surface area (Å²) >= 11 is 11.7. The molecule has 32 heavy (non-hydrogen) atoms. The largest absolute Gasteiger partial charge is 0.480 e. The summed E-state index contributed by atoms with van der Waals surface area (Å²) in [6.45, 7) is -0.146. The quantitative estimate of drug-likeness (QED) is 0.589. The Hall–Kier alpha value is -2.55. The lowest BCUT2D eigenvalue weighted by molar-refractivity contribution is -0.155. The van der Waals surface area contributed by atoms with Gasteiger partial charge in [-0.15, -0.1) is 0 Å². The highest BCUT2D eigenvalue weighted by Crippen LogP contribution is 2.60. The molecule has 3 aliphatic carbocycles. The van der Waals surface area contributed by atoms with Gasteiger partial charge >= 0.3 is 0 Å². The van der Waals surface area contributed by atoms with Crippen molar-refractivity contribution in [3.63, 3.8) is 0 Å². The van der Waals surface area contributed by atoms with E-state index in [0.29, 0.717) is 46.5 Å². The van der Waals surface area contributed by atoms with Crippen molar-refractivity contribution >= 4 is 35.0 Å². The lowest BCUT2D eigenvalue weighted by Gasteiger charge is -2.70. The maximum Gasteiger partial charge on any atom is 0.261 e. The van der Waals surface area contributed by atoms with Crippen LogP contribution >= 0.6 is 23.2 Å². The number of pyridine rings is 1. The molecule has 8 nitrogen and oxygen atoms in total. The fourth-order valence-corrected chi connectivity index (χ4v) is 5.18. The van der Waals surface area contributed by atoms with Gasteiger partial charge in [0, 0.05) is 40.3 Å². The third-order valence-electron chi connectivity index (χ3n) is 6.20. The molecule has 3 N–H and O–H groups in total. The minimum absolute atomic E-state index is 0.146. The zero-order valence-electron chi connectivity index (χ0n) is 16.9. The number of aliphatic hydroxyl groups excluding tert-OH is 1. The van der Waals surface area contributed by atoms with E-state index in [1.807, 2.05) is 0 Å². The summed E-state index contributed by atoms with van der Waals surface area (Å²) in [6.07, 6.45) is 1.97. The fraction of sp³-hybridized carbons (Fsp3) is 0.409. The molecule has 1 aliphatic heterocycles. The van der Waals surface area contributed by atoms with Crippen LogP contribution in [0, 0.1) is 0 Å². The SMILES string of the molecule is O=C(COc1ccc(Cl)cn1)NC12CC(NC(=O)[C@H]3C[C@@H](O)c4cc(Cl)ccc4O3)(C1)C2. The Labute approximate surface area is 194 Å².